The van der Waals surface area contributed by atoms with Gasteiger partial charge >= 0.3 is 0 Å². The Morgan fingerprint density at radius 3 is 2.83 bits per heavy atom. The fourth-order valence-corrected chi connectivity index (χ4v) is 4.67. The van der Waals surface area contributed by atoms with Crippen LogP contribution < -0.4 is 5.32 Å². The molecule has 18 heavy (non-hydrogen) atoms. The average Bonchev–Trinajstić information content (AvgIpc) is 2.90. The van der Waals surface area contributed by atoms with Crippen LogP contribution in [0, 0.1) is 5.92 Å². The van der Waals surface area contributed by atoms with Crippen LogP contribution in [0.4, 0.5) is 0 Å². The summed E-state index contributed by atoms with van der Waals surface area (Å²) >= 11 is 2.01. The van der Waals surface area contributed by atoms with Crippen LogP contribution in [0.1, 0.15) is 39.5 Å². The fraction of sp³-hybridized carbons (Fsp3) is 0.929. The molecule has 3 rings (SSSR count). The van der Waals surface area contributed by atoms with Crippen LogP contribution in [0.15, 0.2) is 0 Å². The molecule has 0 aliphatic carbocycles. The summed E-state index contributed by atoms with van der Waals surface area (Å²) in [7, 11) is 0. The lowest BCUT2D eigenvalue weighted by Gasteiger charge is -2.28. The minimum absolute atomic E-state index is 0.273. The number of carbonyl (C=O) groups is 1. The maximum atomic E-state index is 12.6. The Bertz CT molecular complexity index is 345. The van der Waals surface area contributed by atoms with E-state index < -0.39 is 0 Å². The highest BCUT2D eigenvalue weighted by molar-refractivity contribution is 8.00. The molecule has 0 aromatic heterocycles. The summed E-state index contributed by atoms with van der Waals surface area (Å²) in [6, 6.07) is 1.10. The summed E-state index contributed by atoms with van der Waals surface area (Å²) in [6.45, 7) is 6.49. The Morgan fingerprint density at radius 1 is 1.33 bits per heavy atom. The molecule has 0 aromatic carbocycles. The number of fused-ring (bicyclic) bond motifs is 2. The van der Waals surface area contributed by atoms with E-state index in [0.717, 1.165) is 31.7 Å². The van der Waals surface area contributed by atoms with E-state index in [1.165, 1.54) is 12.8 Å². The largest absolute Gasteiger partial charge is 0.342 e. The van der Waals surface area contributed by atoms with Gasteiger partial charge < -0.3 is 10.2 Å². The molecule has 2 bridgehead atoms. The third-order valence-corrected chi connectivity index (χ3v) is 6.14. The monoisotopic (exact) mass is 268 g/mol. The minimum atomic E-state index is 0.273. The summed E-state index contributed by atoms with van der Waals surface area (Å²) in [5, 5.41) is 3.58. The predicted octanol–water partition coefficient (Wildman–Crippen LogP) is 1.87. The summed E-state index contributed by atoms with van der Waals surface area (Å²) in [4.78, 5) is 14.8. The first kappa shape index (κ1) is 12.8. The number of nitrogens with one attached hydrogen (secondary N) is 1. The van der Waals surface area contributed by atoms with Gasteiger partial charge in [0.15, 0.2) is 0 Å². The summed E-state index contributed by atoms with van der Waals surface area (Å²) in [5.41, 5.74) is 0. The zero-order valence-corrected chi connectivity index (χ0v) is 12.3. The van der Waals surface area contributed by atoms with Gasteiger partial charge in [0.25, 0.3) is 0 Å². The molecule has 1 N–H and O–H groups in total. The van der Waals surface area contributed by atoms with Crippen molar-refractivity contribution in [2.24, 2.45) is 5.92 Å². The van der Waals surface area contributed by atoms with E-state index in [1.807, 2.05) is 11.8 Å². The Hall–Kier alpha value is -0.220. The molecule has 3 aliphatic rings. The second kappa shape index (κ2) is 4.71. The molecule has 0 saturated carbocycles. The lowest BCUT2D eigenvalue weighted by Crippen LogP contribution is -2.42. The van der Waals surface area contributed by atoms with Crippen LogP contribution in [-0.2, 0) is 4.79 Å². The molecular weight excluding hydrogens is 244 g/mol. The van der Waals surface area contributed by atoms with Crippen molar-refractivity contribution in [2.75, 3.05) is 18.8 Å². The molecule has 3 aliphatic heterocycles. The van der Waals surface area contributed by atoms with Gasteiger partial charge in [-0.05, 0) is 25.7 Å². The molecule has 0 radical (unpaired) electrons. The van der Waals surface area contributed by atoms with Gasteiger partial charge in [-0.25, -0.2) is 0 Å². The molecule has 3 heterocycles. The van der Waals surface area contributed by atoms with E-state index in [4.69, 9.17) is 0 Å². The van der Waals surface area contributed by atoms with Crippen LogP contribution in [0.25, 0.3) is 0 Å². The molecule has 0 spiro atoms. The van der Waals surface area contributed by atoms with Crippen molar-refractivity contribution in [3.63, 3.8) is 0 Å². The van der Waals surface area contributed by atoms with Gasteiger partial charge in [0, 0.05) is 35.7 Å². The second-order valence-electron chi connectivity index (χ2n) is 6.57. The number of hydrogen-bond acceptors (Lipinski definition) is 3. The van der Waals surface area contributed by atoms with E-state index in [0.29, 0.717) is 22.7 Å². The highest BCUT2D eigenvalue weighted by Gasteiger charge is 2.44. The molecule has 3 unspecified atom stereocenters. The number of thioether (sulfide) groups is 1. The van der Waals surface area contributed by atoms with Crippen molar-refractivity contribution in [1.29, 1.82) is 0 Å². The molecule has 3 fully saturated rings. The third kappa shape index (κ3) is 2.42. The van der Waals surface area contributed by atoms with Crippen molar-refractivity contribution < 1.29 is 4.79 Å². The first-order valence-electron chi connectivity index (χ1n) is 7.24. The maximum absolute atomic E-state index is 12.6. The molecular formula is C14H24N2OS. The van der Waals surface area contributed by atoms with Gasteiger partial charge in [0.2, 0.25) is 5.91 Å². The van der Waals surface area contributed by atoms with Crippen LogP contribution in [0.5, 0.6) is 0 Å². The Labute approximate surface area is 114 Å². The van der Waals surface area contributed by atoms with Crippen molar-refractivity contribution in [1.82, 2.24) is 10.2 Å². The topological polar surface area (TPSA) is 32.3 Å². The van der Waals surface area contributed by atoms with Gasteiger partial charge in [0.1, 0.15) is 0 Å². The third-order valence-electron chi connectivity index (χ3n) is 4.77. The highest BCUT2D eigenvalue weighted by atomic mass is 32.2. The SMILES string of the molecule is CC1(C)CCN(C(=O)C2CC3CCC2N3)CCS1. The number of carbonyl (C=O) groups excluding carboxylic acids is 1. The number of hydrogen-bond donors (Lipinski definition) is 1. The quantitative estimate of drug-likeness (QED) is 0.788. The first-order valence-corrected chi connectivity index (χ1v) is 8.22. The van der Waals surface area contributed by atoms with Crippen LogP contribution in [0.2, 0.25) is 0 Å². The van der Waals surface area contributed by atoms with E-state index in [9.17, 15) is 4.79 Å². The molecule has 0 aromatic rings. The smallest absolute Gasteiger partial charge is 0.227 e. The predicted molar refractivity (Wildman–Crippen MR) is 75.8 cm³/mol. The van der Waals surface area contributed by atoms with Gasteiger partial charge in [0.05, 0.1) is 5.92 Å². The number of nitrogens with zero attached hydrogens (tertiary/aromatic N) is 1. The Balaban J connectivity index is 1.62. The lowest BCUT2D eigenvalue weighted by molar-refractivity contribution is -0.135. The zero-order valence-electron chi connectivity index (χ0n) is 11.4. The van der Waals surface area contributed by atoms with Gasteiger partial charge in [-0.15, -0.1) is 0 Å². The number of amides is 1. The summed E-state index contributed by atoms with van der Waals surface area (Å²) in [5.74, 6) is 1.79. The Morgan fingerprint density at radius 2 is 2.17 bits per heavy atom. The van der Waals surface area contributed by atoms with Crippen molar-refractivity contribution in [3.8, 4) is 0 Å². The van der Waals surface area contributed by atoms with Gasteiger partial charge in [-0.3, -0.25) is 4.79 Å². The lowest BCUT2D eigenvalue weighted by atomic mass is 9.88. The van der Waals surface area contributed by atoms with Gasteiger partial charge in [-0.2, -0.15) is 11.8 Å². The van der Waals surface area contributed by atoms with Gasteiger partial charge in [-0.1, -0.05) is 13.8 Å². The fourth-order valence-electron chi connectivity index (χ4n) is 3.57. The second-order valence-corrected chi connectivity index (χ2v) is 8.38. The molecule has 3 nitrogen and oxygen atoms in total. The van der Waals surface area contributed by atoms with Crippen molar-refractivity contribution in [3.05, 3.63) is 0 Å². The zero-order chi connectivity index (χ0) is 12.8. The van der Waals surface area contributed by atoms with Crippen LogP contribution >= 0.6 is 11.8 Å². The summed E-state index contributed by atoms with van der Waals surface area (Å²) in [6.07, 6.45) is 4.68. The normalized spacial score (nSPS) is 38.8. The first-order chi connectivity index (χ1) is 8.55. The van der Waals surface area contributed by atoms with Crippen LogP contribution in [-0.4, -0.2) is 46.5 Å². The molecule has 102 valence electrons. The Kier molecular flexibility index (Phi) is 3.35. The standard InChI is InChI=1S/C14H24N2OS/c1-14(2)5-6-16(7-8-18-14)13(17)11-9-10-3-4-12(11)15-10/h10-12,15H,3-9H2,1-2H3. The van der Waals surface area contributed by atoms with E-state index >= 15 is 0 Å². The molecule has 1 amide bonds. The molecule has 3 atom stereocenters. The van der Waals surface area contributed by atoms with Crippen molar-refractivity contribution >= 4 is 17.7 Å². The molecule has 3 saturated heterocycles. The highest BCUT2D eigenvalue weighted by Crippen LogP contribution is 2.36. The average molecular weight is 268 g/mol. The van der Waals surface area contributed by atoms with E-state index in [2.05, 4.69) is 24.1 Å². The van der Waals surface area contributed by atoms with E-state index in [1.54, 1.807) is 0 Å². The molecule has 4 heteroatoms. The summed E-state index contributed by atoms with van der Waals surface area (Å²) < 4.78 is 0.335. The maximum Gasteiger partial charge on any atom is 0.227 e. The van der Waals surface area contributed by atoms with E-state index in [-0.39, 0.29) is 5.92 Å². The van der Waals surface area contributed by atoms with Crippen molar-refractivity contribution in [2.45, 2.75) is 56.4 Å². The number of rotatable bonds is 1. The van der Waals surface area contributed by atoms with Crippen LogP contribution in [0.3, 0.4) is 0 Å². The minimum Gasteiger partial charge on any atom is -0.342 e.